The van der Waals surface area contributed by atoms with Gasteiger partial charge in [-0.2, -0.15) is 5.10 Å². The Morgan fingerprint density at radius 2 is 2.00 bits per heavy atom. The molecule has 4 unspecified atom stereocenters. The zero-order chi connectivity index (χ0) is 15.8. The van der Waals surface area contributed by atoms with Crippen molar-refractivity contribution < 1.29 is 4.79 Å². The molecule has 2 fully saturated rings. The molecule has 2 aliphatic rings. The number of nitrogens with two attached hydrogens (primary N) is 1. The normalized spacial score (nSPS) is 27.7. The SMILES string of the molecule is Cl.NC1C2CCC(C2)C1C(=O)NCc1ccc(-n2cccn2)cc1. The van der Waals surface area contributed by atoms with Crippen molar-refractivity contribution in [3.63, 3.8) is 0 Å². The van der Waals surface area contributed by atoms with Crippen LogP contribution in [-0.4, -0.2) is 21.7 Å². The van der Waals surface area contributed by atoms with Gasteiger partial charge in [0, 0.05) is 25.0 Å². The standard InChI is InChI=1S/C18H22N4O.ClH/c19-17-14-5-4-13(10-14)16(17)18(23)20-11-12-2-6-15(7-3-12)22-9-1-8-21-22;/h1-3,6-9,13-14,16-17H,4-5,10-11,19H2,(H,20,23);1H. The maximum atomic E-state index is 12.5. The first-order valence-corrected chi connectivity index (χ1v) is 8.34. The van der Waals surface area contributed by atoms with Gasteiger partial charge >= 0.3 is 0 Å². The number of rotatable bonds is 4. The fraction of sp³-hybridized carbons (Fsp3) is 0.444. The van der Waals surface area contributed by atoms with E-state index in [0.717, 1.165) is 24.1 Å². The largest absolute Gasteiger partial charge is 0.352 e. The first-order valence-electron chi connectivity index (χ1n) is 8.34. The van der Waals surface area contributed by atoms with Crippen molar-refractivity contribution >= 4 is 18.3 Å². The summed E-state index contributed by atoms with van der Waals surface area (Å²) in [7, 11) is 0. The summed E-state index contributed by atoms with van der Waals surface area (Å²) in [5, 5.41) is 7.27. The molecule has 0 spiro atoms. The van der Waals surface area contributed by atoms with Gasteiger partial charge in [0.15, 0.2) is 0 Å². The van der Waals surface area contributed by atoms with E-state index in [0.29, 0.717) is 18.4 Å². The van der Waals surface area contributed by atoms with E-state index in [-0.39, 0.29) is 30.3 Å². The fourth-order valence-corrected chi connectivity index (χ4v) is 4.22. The van der Waals surface area contributed by atoms with Crippen LogP contribution in [0, 0.1) is 17.8 Å². The third-order valence-corrected chi connectivity index (χ3v) is 5.46. The number of hydrogen-bond donors (Lipinski definition) is 2. The third kappa shape index (κ3) is 3.06. The second-order valence-electron chi connectivity index (χ2n) is 6.77. The average Bonchev–Trinajstić information content (AvgIpc) is 3.30. The van der Waals surface area contributed by atoms with Crippen LogP contribution in [0.3, 0.4) is 0 Å². The van der Waals surface area contributed by atoms with Gasteiger partial charge in [-0.25, -0.2) is 4.68 Å². The summed E-state index contributed by atoms with van der Waals surface area (Å²) in [6, 6.07) is 10.0. The minimum absolute atomic E-state index is 0. The van der Waals surface area contributed by atoms with Gasteiger partial charge in [-0.1, -0.05) is 12.1 Å². The number of hydrogen-bond acceptors (Lipinski definition) is 3. The van der Waals surface area contributed by atoms with Crippen LogP contribution >= 0.6 is 12.4 Å². The van der Waals surface area contributed by atoms with E-state index in [1.165, 1.54) is 6.42 Å². The zero-order valence-electron chi connectivity index (χ0n) is 13.5. The van der Waals surface area contributed by atoms with Crippen LogP contribution < -0.4 is 11.1 Å². The van der Waals surface area contributed by atoms with Crippen molar-refractivity contribution in [2.75, 3.05) is 0 Å². The highest BCUT2D eigenvalue weighted by atomic mass is 35.5. The van der Waals surface area contributed by atoms with Crippen molar-refractivity contribution in [3.05, 3.63) is 48.3 Å². The summed E-state index contributed by atoms with van der Waals surface area (Å²) < 4.78 is 1.82. The van der Waals surface area contributed by atoms with Gasteiger partial charge in [-0.3, -0.25) is 4.79 Å². The molecule has 0 aliphatic heterocycles. The highest BCUT2D eigenvalue weighted by Crippen LogP contribution is 2.47. The predicted octanol–water partition coefficient (Wildman–Crippen LogP) is 2.28. The van der Waals surface area contributed by atoms with Crippen molar-refractivity contribution in [2.45, 2.75) is 31.8 Å². The van der Waals surface area contributed by atoms with E-state index in [4.69, 9.17) is 5.73 Å². The van der Waals surface area contributed by atoms with Crippen LogP contribution in [0.25, 0.3) is 5.69 Å². The van der Waals surface area contributed by atoms with Crippen LogP contribution in [0.5, 0.6) is 0 Å². The second kappa shape index (κ2) is 6.95. The Labute approximate surface area is 148 Å². The zero-order valence-corrected chi connectivity index (χ0v) is 14.3. The van der Waals surface area contributed by atoms with Crippen LogP contribution in [0.15, 0.2) is 42.7 Å². The number of benzene rings is 1. The van der Waals surface area contributed by atoms with E-state index in [2.05, 4.69) is 10.4 Å². The molecule has 0 radical (unpaired) electrons. The number of halogens is 1. The summed E-state index contributed by atoms with van der Waals surface area (Å²) in [6.45, 7) is 0.554. The minimum atomic E-state index is 0. The molecule has 128 valence electrons. The van der Waals surface area contributed by atoms with E-state index in [1.807, 2.05) is 41.2 Å². The lowest BCUT2D eigenvalue weighted by molar-refractivity contribution is -0.127. The van der Waals surface area contributed by atoms with Crippen LogP contribution in [0.2, 0.25) is 0 Å². The number of amides is 1. The van der Waals surface area contributed by atoms with Gasteiger partial charge in [-0.15, -0.1) is 12.4 Å². The number of aromatic nitrogens is 2. The van der Waals surface area contributed by atoms with Crippen molar-refractivity contribution in [1.29, 1.82) is 0 Å². The molecule has 1 aromatic heterocycles. The van der Waals surface area contributed by atoms with Crippen LogP contribution in [0.1, 0.15) is 24.8 Å². The molecular formula is C18H23ClN4O. The highest BCUT2D eigenvalue weighted by molar-refractivity contribution is 5.85. The van der Waals surface area contributed by atoms with Crippen LogP contribution in [-0.2, 0) is 11.3 Å². The van der Waals surface area contributed by atoms with Gasteiger partial charge < -0.3 is 11.1 Å². The monoisotopic (exact) mass is 346 g/mol. The van der Waals surface area contributed by atoms with E-state index >= 15 is 0 Å². The molecule has 5 nitrogen and oxygen atoms in total. The molecule has 2 saturated carbocycles. The van der Waals surface area contributed by atoms with Gasteiger partial charge in [0.25, 0.3) is 0 Å². The number of fused-ring (bicyclic) bond motifs is 2. The quantitative estimate of drug-likeness (QED) is 0.892. The van der Waals surface area contributed by atoms with Crippen LogP contribution in [0.4, 0.5) is 0 Å². The molecule has 2 aliphatic carbocycles. The van der Waals surface area contributed by atoms with Crippen molar-refractivity contribution in [3.8, 4) is 5.69 Å². The maximum absolute atomic E-state index is 12.5. The first kappa shape index (κ1) is 17.0. The lowest BCUT2D eigenvalue weighted by atomic mass is 9.84. The fourth-order valence-electron chi connectivity index (χ4n) is 4.22. The summed E-state index contributed by atoms with van der Waals surface area (Å²) >= 11 is 0. The molecule has 1 heterocycles. The lowest BCUT2D eigenvalue weighted by Gasteiger charge is -2.27. The van der Waals surface area contributed by atoms with E-state index < -0.39 is 0 Å². The summed E-state index contributed by atoms with van der Waals surface area (Å²) in [4.78, 5) is 12.5. The van der Waals surface area contributed by atoms with Gasteiger partial charge in [-0.05, 0) is 54.9 Å². The third-order valence-electron chi connectivity index (χ3n) is 5.46. The topological polar surface area (TPSA) is 72.9 Å². The number of carbonyl (C=O) groups is 1. The van der Waals surface area contributed by atoms with Gasteiger partial charge in [0.1, 0.15) is 0 Å². The lowest BCUT2D eigenvalue weighted by Crippen LogP contribution is -2.45. The molecular weight excluding hydrogens is 324 g/mol. The smallest absolute Gasteiger partial charge is 0.225 e. The molecule has 1 aromatic carbocycles. The van der Waals surface area contributed by atoms with E-state index in [9.17, 15) is 4.79 Å². The molecule has 4 atom stereocenters. The molecule has 2 bridgehead atoms. The molecule has 4 rings (SSSR count). The summed E-state index contributed by atoms with van der Waals surface area (Å²) in [5.41, 5.74) is 8.34. The molecule has 6 heteroatoms. The Balaban J connectivity index is 0.00000169. The second-order valence-corrected chi connectivity index (χ2v) is 6.77. The number of nitrogens with one attached hydrogen (secondary N) is 1. The molecule has 0 saturated heterocycles. The first-order chi connectivity index (χ1) is 11.2. The Bertz CT molecular complexity index is 684. The predicted molar refractivity (Wildman–Crippen MR) is 95.0 cm³/mol. The van der Waals surface area contributed by atoms with Crippen molar-refractivity contribution in [1.82, 2.24) is 15.1 Å². The average molecular weight is 347 g/mol. The van der Waals surface area contributed by atoms with E-state index in [1.54, 1.807) is 6.20 Å². The minimum Gasteiger partial charge on any atom is -0.352 e. The molecule has 1 amide bonds. The van der Waals surface area contributed by atoms with Gasteiger partial charge in [0.2, 0.25) is 5.91 Å². The Kier molecular flexibility index (Phi) is 4.92. The van der Waals surface area contributed by atoms with Crippen molar-refractivity contribution in [2.24, 2.45) is 23.5 Å². The highest BCUT2D eigenvalue weighted by Gasteiger charge is 2.48. The summed E-state index contributed by atoms with van der Waals surface area (Å²) in [6.07, 6.45) is 7.16. The Hall–Kier alpha value is -1.85. The maximum Gasteiger partial charge on any atom is 0.225 e. The Morgan fingerprint density at radius 1 is 1.25 bits per heavy atom. The van der Waals surface area contributed by atoms with Gasteiger partial charge in [0.05, 0.1) is 11.6 Å². The Morgan fingerprint density at radius 3 is 2.62 bits per heavy atom. The summed E-state index contributed by atoms with van der Waals surface area (Å²) in [5.74, 6) is 1.19. The number of carbonyl (C=O) groups excluding carboxylic acids is 1. The molecule has 2 aromatic rings. The molecule has 3 N–H and O–H groups in total. The number of nitrogens with zero attached hydrogens (tertiary/aromatic N) is 2. The molecule has 24 heavy (non-hydrogen) atoms.